The summed E-state index contributed by atoms with van der Waals surface area (Å²) in [5.74, 6) is 0. The van der Waals surface area contributed by atoms with Crippen molar-refractivity contribution in [3.8, 4) is 39.6 Å². The quantitative estimate of drug-likeness (QED) is 0.187. The number of pyridine rings is 1. The molecule has 0 fully saturated rings. The third-order valence-corrected chi connectivity index (χ3v) is 11.9. The van der Waals surface area contributed by atoms with Crippen molar-refractivity contribution in [2.75, 3.05) is 0 Å². The number of thiophene rings is 1. The van der Waals surface area contributed by atoms with Gasteiger partial charge in [0.15, 0.2) is 5.65 Å². The molecule has 240 valence electrons. The van der Waals surface area contributed by atoms with Crippen LogP contribution in [0.4, 0.5) is 0 Å². The molecule has 3 nitrogen and oxygen atoms in total. The summed E-state index contributed by atoms with van der Waals surface area (Å²) in [6.45, 7) is 0. The highest BCUT2D eigenvalue weighted by Gasteiger charge is 2.19. The molecule has 0 unspecified atom stereocenters. The SMILES string of the molecule is N#Cc1ccc(-c2ccc(-c3ccc(-c4cc5c6ccc7ccccc7c6sc5c5nc6cc7ccccc7cc6n45)cc3)c3ccccc23)cc1. The van der Waals surface area contributed by atoms with Crippen LogP contribution in [-0.2, 0) is 0 Å². The molecule has 0 aliphatic carbocycles. The minimum absolute atomic E-state index is 0.666. The summed E-state index contributed by atoms with van der Waals surface area (Å²) >= 11 is 1.85. The number of aromatic nitrogens is 2. The van der Waals surface area contributed by atoms with Gasteiger partial charge in [-0.05, 0) is 90.5 Å². The van der Waals surface area contributed by atoms with Crippen molar-refractivity contribution in [3.63, 3.8) is 0 Å². The lowest BCUT2D eigenvalue weighted by Crippen LogP contribution is -1.93. The minimum atomic E-state index is 0.666. The number of imidazole rings is 1. The Morgan fingerprint density at radius 1 is 0.481 bits per heavy atom. The molecule has 11 aromatic rings. The summed E-state index contributed by atoms with van der Waals surface area (Å²) in [5.41, 5.74) is 10.7. The van der Waals surface area contributed by atoms with Crippen LogP contribution in [0.3, 0.4) is 0 Å². The highest BCUT2D eigenvalue weighted by atomic mass is 32.1. The number of fused-ring (bicyclic) bond motifs is 11. The maximum absolute atomic E-state index is 9.31. The van der Waals surface area contributed by atoms with Crippen LogP contribution in [0.15, 0.2) is 164 Å². The monoisotopic (exact) mass is 677 g/mol. The van der Waals surface area contributed by atoms with Crippen LogP contribution in [0.5, 0.6) is 0 Å². The van der Waals surface area contributed by atoms with Gasteiger partial charge in [0.05, 0.1) is 33.1 Å². The second-order valence-corrected chi connectivity index (χ2v) is 14.5. The van der Waals surface area contributed by atoms with Gasteiger partial charge in [-0.15, -0.1) is 11.3 Å². The van der Waals surface area contributed by atoms with Crippen LogP contribution in [0.1, 0.15) is 5.56 Å². The zero-order valence-corrected chi connectivity index (χ0v) is 28.7. The van der Waals surface area contributed by atoms with Gasteiger partial charge in [0.2, 0.25) is 0 Å². The van der Waals surface area contributed by atoms with E-state index in [1.54, 1.807) is 0 Å². The Morgan fingerprint density at radius 3 is 1.77 bits per heavy atom. The van der Waals surface area contributed by atoms with Crippen molar-refractivity contribution in [3.05, 3.63) is 169 Å². The van der Waals surface area contributed by atoms with Gasteiger partial charge in [0.25, 0.3) is 0 Å². The van der Waals surface area contributed by atoms with E-state index in [9.17, 15) is 5.26 Å². The Hall–Kier alpha value is -6.80. The molecular formula is C48H27N3S. The highest BCUT2D eigenvalue weighted by molar-refractivity contribution is 7.27. The first-order chi connectivity index (χ1) is 25.7. The first kappa shape index (κ1) is 29.0. The van der Waals surface area contributed by atoms with Crippen molar-refractivity contribution < 1.29 is 0 Å². The smallest absolute Gasteiger partial charge is 0.156 e. The van der Waals surface area contributed by atoms with Crippen molar-refractivity contribution in [2.45, 2.75) is 0 Å². The molecule has 3 heterocycles. The molecule has 0 atom stereocenters. The average Bonchev–Trinajstić information content (AvgIpc) is 3.78. The zero-order valence-electron chi connectivity index (χ0n) is 27.8. The van der Waals surface area contributed by atoms with Gasteiger partial charge in [-0.25, -0.2) is 4.98 Å². The van der Waals surface area contributed by atoms with E-state index in [-0.39, 0.29) is 0 Å². The molecular weight excluding hydrogens is 651 g/mol. The standard InChI is InChI=1S/C48H27N3S/c49-28-29-13-15-31(16-14-29)36-23-24-37(40-12-6-5-11-39(36)40)32-17-19-33(20-18-32)44-27-42-41-22-21-30-7-3-4-10-38(30)46(41)52-47(42)48-50-43-25-34-8-1-2-9-35(34)26-45(43)51(44)48/h1-27H. The maximum atomic E-state index is 9.31. The van der Waals surface area contributed by atoms with E-state index in [1.165, 1.54) is 58.1 Å². The Morgan fingerprint density at radius 2 is 1.08 bits per heavy atom. The fourth-order valence-electron chi connectivity index (χ4n) is 8.07. The van der Waals surface area contributed by atoms with Crippen molar-refractivity contribution in [2.24, 2.45) is 0 Å². The summed E-state index contributed by atoms with van der Waals surface area (Å²) in [6.07, 6.45) is 0. The normalized spacial score (nSPS) is 11.8. The second kappa shape index (κ2) is 11.1. The van der Waals surface area contributed by atoms with Crippen LogP contribution in [0.2, 0.25) is 0 Å². The molecule has 0 radical (unpaired) electrons. The first-order valence-corrected chi connectivity index (χ1v) is 18.2. The zero-order chi connectivity index (χ0) is 34.3. The van der Waals surface area contributed by atoms with Crippen LogP contribution >= 0.6 is 11.3 Å². The van der Waals surface area contributed by atoms with Crippen LogP contribution in [0.25, 0.3) is 103 Å². The molecule has 0 saturated heterocycles. The molecule has 0 amide bonds. The topological polar surface area (TPSA) is 41.1 Å². The van der Waals surface area contributed by atoms with E-state index in [2.05, 4.69) is 150 Å². The van der Waals surface area contributed by atoms with Crippen molar-refractivity contribution in [1.29, 1.82) is 5.26 Å². The molecule has 4 heteroatoms. The summed E-state index contributed by atoms with van der Waals surface area (Å²) in [6, 6.07) is 60.8. The van der Waals surface area contributed by atoms with Gasteiger partial charge >= 0.3 is 0 Å². The molecule has 52 heavy (non-hydrogen) atoms. The molecule has 0 spiro atoms. The van der Waals surface area contributed by atoms with E-state index >= 15 is 0 Å². The molecule has 8 aromatic carbocycles. The third-order valence-electron chi connectivity index (χ3n) is 10.6. The lowest BCUT2D eigenvalue weighted by atomic mass is 9.91. The van der Waals surface area contributed by atoms with Gasteiger partial charge < -0.3 is 0 Å². The van der Waals surface area contributed by atoms with E-state index < -0.39 is 0 Å². The second-order valence-electron chi connectivity index (χ2n) is 13.5. The van der Waals surface area contributed by atoms with E-state index in [0.717, 1.165) is 44.6 Å². The predicted octanol–water partition coefficient (Wildman–Crippen LogP) is 13.2. The first-order valence-electron chi connectivity index (χ1n) is 17.4. The molecule has 0 bridgehead atoms. The lowest BCUT2D eigenvalue weighted by Gasteiger charge is -2.13. The number of hydrogen-bond donors (Lipinski definition) is 0. The van der Waals surface area contributed by atoms with Gasteiger partial charge in [0, 0.05) is 15.5 Å². The largest absolute Gasteiger partial charge is 0.291 e. The van der Waals surface area contributed by atoms with E-state index in [1.807, 2.05) is 35.6 Å². The van der Waals surface area contributed by atoms with Crippen molar-refractivity contribution in [1.82, 2.24) is 9.38 Å². The minimum Gasteiger partial charge on any atom is -0.291 e. The average molecular weight is 678 g/mol. The fourth-order valence-corrected chi connectivity index (χ4v) is 9.37. The number of nitriles is 1. The number of benzene rings is 8. The van der Waals surface area contributed by atoms with E-state index in [4.69, 9.17) is 4.98 Å². The summed E-state index contributed by atoms with van der Waals surface area (Å²) in [5, 5.41) is 19.1. The fraction of sp³-hybridized carbons (Fsp3) is 0. The number of hydrogen-bond acceptors (Lipinski definition) is 3. The Kier molecular flexibility index (Phi) is 6.19. The maximum Gasteiger partial charge on any atom is 0.156 e. The molecule has 11 rings (SSSR count). The van der Waals surface area contributed by atoms with Crippen LogP contribution in [-0.4, -0.2) is 9.38 Å². The van der Waals surface area contributed by atoms with Gasteiger partial charge in [-0.2, -0.15) is 5.26 Å². The molecule has 0 aliphatic rings. The van der Waals surface area contributed by atoms with Crippen LogP contribution < -0.4 is 0 Å². The third kappa shape index (κ3) is 4.27. The molecule has 3 aromatic heterocycles. The predicted molar refractivity (Wildman–Crippen MR) is 219 cm³/mol. The van der Waals surface area contributed by atoms with Crippen LogP contribution in [0, 0.1) is 11.3 Å². The lowest BCUT2D eigenvalue weighted by molar-refractivity contribution is 1.25. The summed E-state index contributed by atoms with van der Waals surface area (Å²) in [4.78, 5) is 5.35. The number of rotatable bonds is 3. The van der Waals surface area contributed by atoms with Crippen molar-refractivity contribution >= 4 is 80.5 Å². The Labute approximate surface area is 302 Å². The van der Waals surface area contributed by atoms with Gasteiger partial charge in [-0.1, -0.05) is 133 Å². The Balaban J connectivity index is 1.13. The Bertz CT molecular complexity index is 3290. The summed E-state index contributed by atoms with van der Waals surface area (Å²) < 4.78 is 4.88. The van der Waals surface area contributed by atoms with Gasteiger partial charge in [-0.3, -0.25) is 4.40 Å². The molecule has 0 saturated carbocycles. The molecule has 0 N–H and O–H groups in total. The highest BCUT2D eigenvalue weighted by Crippen LogP contribution is 2.44. The molecule has 0 aliphatic heterocycles. The summed E-state index contributed by atoms with van der Waals surface area (Å²) in [7, 11) is 0. The number of nitrogens with zero attached hydrogens (tertiary/aromatic N) is 3. The van der Waals surface area contributed by atoms with Gasteiger partial charge in [0.1, 0.15) is 0 Å². The van der Waals surface area contributed by atoms with E-state index in [0.29, 0.717) is 5.56 Å².